The maximum atomic E-state index is 12.4. The average Bonchev–Trinajstić information content (AvgIpc) is 3.13. The lowest BCUT2D eigenvalue weighted by Crippen LogP contribution is -2.48. The normalized spacial score (nSPS) is 30.0. The minimum absolute atomic E-state index is 0.199. The molecule has 10 nitrogen and oxygen atoms in total. The molecule has 2 aromatic rings. The van der Waals surface area contributed by atoms with Crippen LogP contribution in [0.2, 0.25) is 0 Å². The van der Waals surface area contributed by atoms with Crippen molar-refractivity contribution in [3.05, 3.63) is 69.0 Å². The van der Waals surface area contributed by atoms with Crippen LogP contribution in [0.1, 0.15) is 16.6 Å². The Kier molecular flexibility index (Phi) is 5.09. The molecule has 2 fully saturated rings. The quantitative estimate of drug-likeness (QED) is 0.462. The van der Waals surface area contributed by atoms with Crippen LogP contribution in [0.3, 0.4) is 0 Å². The summed E-state index contributed by atoms with van der Waals surface area (Å²) < 4.78 is 23.5. The number of hydrogen-bond donors (Lipinski definition) is 2. The van der Waals surface area contributed by atoms with E-state index in [1.54, 1.807) is 30.3 Å². The van der Waals surface area contributed by atoms with E-state index in [2.05, 4.69) is 4.98 Å². The second kappa shape index (κ2) is 7.56. The Labute approximate surface area is 165 Å². The van der Waals surface area contributed by atoms with Gasteiger partial charge in [0.1, 0.15) is 17.7 Å². The number of aromatic amines is 1. The number of benzene rings is 1. The first kappa shape index (κ1) is 19.5. The summed E-state index contributed by atoms with van der Waals surface area (Å²) >= 11 is 0. The molecule has 0 spiro atoms. The summed E-state index contributed by atoms with van der Waals surface area (Å²) in [6.07, 6.45) is -1.72. The Morgan fingerprint density at radius 2 is 1.97 bits per heavy atom. The number of nitrogens with two attached hydrogens (primary N) is 1. The molecule has 1 saturated carbocycles. The minimum atomic E-state index is -1.13. The van der Waals surface area contributed by atoms with Crippen molar-refractivity contribution < 1.29 is 23.7 Å². The lowest BCUT2D eigenvalue weighted by molar-refractivity contribution is -0.109. The summed E-state index contributed by atoms with van der Waals surface area (Å²) in [5, 5.41) is 0. The first-order valence-electron chi connectivity index (χ1n) is 9.09. The van der Waals surface area contributed by atoms with Gasteiger partial charge in [-0.2, -0.15) is 0 Å². The van der Waals surface area contributed by atoms with Gasteiger partial charge in [-0.3, -0.25) is 14.3 Å². The Bertz CT molecular complexity index is 1000. The van der Waals surface area contributed by atoms with Crippen LogP contribution in [0, 0.1) is 0 Å². The number of carbonyl (C=O) groups excluding carboxylic acids is 1. The maximum absolute atomic E-state index is 12.4. The summed E-state index contributed by atoms with van der Waals surface area (Å²) in [6, 6.07) is 9.74. The average molecular weight is 403 g/mol. The van der Waals surface area contributed by atoms with Gasteiger partial charge in [-0.1, -0.05) is 18.2 Å². The molecule has 1 unspecified atom stereocenters. The van der Waals surface area contributed by atoms with Crippen LogP contribution in [0.4, 0.5) is 0 Å². The number of aromatic nitrogens is 2. The first-order chi connectivity index (χ1) is 14.0. The van der Waals surface area contributed by atoms with Gasteiger partial charge in [0, 0.05) is 19.4 Å². The van der Waals surface area contributed by atoms with E-state index < -0.39 is 47.3 Å². The third kappa shape index (κ3) is 3.40. The van der Waals surface area contributed by atoms with Gasteiger partial charge in [0.05, 0.1) is 18.8 Å². The topological polar surface area (TPSA) is 135 Å². The molecule has 0 amide bonds. The van der Waals surface area contributed by atoms with Gasteiger partial charge in [0.15, 0.2) is 12.3 Å². The van der Waals surface area contributed by atoms with Crippen LogP contribution in [-0.2, 0) is 18.9 Å². The Morgan fingerprint density at radius 3 is 2.66 bits per heavy atom. The van der Waals surface area contributed by atoms with E-state index in [0.29, 0.717) is 12.2 Å². The van der Waals surface area contributed by atoms with Gasteiger partial charge in [-0.15, -0.1) is 0 Å². The molecule has 0 bridgehead atoms. The van der Waals surface area contributed by atoms with Crippen molar-refractivity contribution in [1.29, 1.82) is 0 Å². The molecule has 2 heterocycles. The third-order valence-electron chi connectivity index (χ3n) is 5.14. The molecule has 1 aromatic heterocycles. The molecule has 1 aromatic carbocycles. The summed E-state index contributed by atoms with van der Waals surface area (Å²) in [6.45, 7) is 0.503. The highest BCUT2D eigenvalue weighted by Gasteiger charge is 2.78. The first-order valence-corrected chi connectivity index (χ1v) is 9.09. The number of H-pyrrole nitrogens is 1. The Balaban J connectivity index is 1.55. The molecule has 4 rings (SSSR count). The number of esters is 1. The number of ether oxygens (including phenoxy) is 4. The fraction of sp³-hybridized carbons (Fsp3) is 0.421. The van der Waals surface area contributed by atoms with Crippen LogP contribution in [0.5, 0.6) is 0 Å². The molecular formula is C19H21N3O7. The molecule has 5 atom stereocenters. The summed E-state index contributed by atoms with van der Waals surface area (Å²) in [4.78, 5) is 38.1. The number of fused-ring (bicyclic) bond motifs is 1. The summed E-state index contributed by atoms with van der Waals surface area (Å²) in [5.74, 6) is -0.521. The van der Waals surface area contributed by atoms with Crippen molar-refractivity contribution >= 4 is 5.97 Å². The standard InChI is InChI=1S/C19H21N3O7/c1-26-9-10-27-15-16(22-8-7-12(23)21-18(22)25)28-13-14(19(13,15)20)29-17(24)11-5-3-2-4-6-11/h2-8,13-16H,9-10,20H2,1H3,(H,21,23,25)/t13-,14?,15+,16-,19+/m1/s1. The highest BCUT2D eigenvalue weighted by Crippen LogP contribution is 2.54. The fourth-order valence-electron chi connectivity index (χ4n) is 3.59. The van der Waals surface area contributed by atoms with Crippen molar-refractivity contribution in [1.82, 2.24) is 9.55 Å². The summed E-state index contributed by atoms with van der Waals surface area (Å²) in [7, 11) is 1.53. The summed E-state index contributed by atoms with van der Waals surface area (Å²) in [5.41, 5.74) is 4.60. The molecule has 1 aliphatic carbocycles. The minimum Gasteiger partial charge on any atom is -0.454 e. The van der Waals surface area contributed by atoms with E-state index in [9.17, 15) is 14.4 Å². The lowest BCUT2D eigenvalue weighted by atomic mass is 10.1. The molecule has 10 heteroatoms. The van der Waals surface area contributed by atoms with Gasteiger partial charge in [0.2, 0.25) is 0 Å². The molecular weight excluding hydrogens is 382 g/mol. The fourth-order valence-corrected chi connectivity index (χ4v) is 3.59. The second-order valence-corrected chi connectivity index (χ2v) is 6.94. The van der Waals surface area contributed by atoms with Crippen molar-refractivity contribution in [2.45, 2.75) is 30.1 Å². The molecule has 29 heavy (non-hydrogen) atoms. The van der Waals surface area contributed by atoms with Crippen molar-refractivity contribution in [2.75, 3.05) is 20.3 Å². The SMILES string of the molecule is COCCO[C@H]1[C@H](n2ccc(=O)[nH]c2=O)O[C@@H]2C(OC(=O)c3ccccc3)[C@@]21N. The van der Waals surface area contributed by atoms with E-state index in [1.807, 2.05) is 0 Å². The molecule has 0 radical (unpaired) electrons. The maximum Gasteiger partial charge on any atom is 0.338 e. The van der Waals surface area contributed by atoms with Crippen LogP contribution in [0.15, 0.2) is 52.2 Å². The van der Waals surface area contributed by atoms with Gasteiger partial charge in [-0.05, 0) is 12.1 Å². The van der Waals surface area contributed by atoms with Crippen LogP contribution in [-0.4, -0.2) is 59.7 Å². The third-order valence-corrected chi connectivity index (χ3v) is 5.14. The highest BCUT2D eigenvalue weighted by molar-refractivity contribution is 5.89. The van der Waals surface area contributed by atoms with Gasteiger partial charge < -0.3 is 24.7 Å². The van der Waals surface area contributed by atoms with E-state index in [-0.39, 0.29) is 6.61 Å². The van der Waals surface area contributed by atoms with Crippen LogP contribution in [0.25, 0.3) is 0 Å². The number of rotatable bonds is 7. The Hall–Kier alpha value is -2.79. The van der Waals surface area contributed by atoms with E-state index in [0.717, 1.165) is 0 Å². The zero-order valence-corrected chi connectivity index (χ0v) is 15.6. The number of methoxy groups -OCH3 is 1. The van der Waals surface area contributed by atoms with E-state index in [4.69, 9.17) is 24.7 Å². The second-order valence-electron chi connectivity index (χ2n) is 6.94. The van der Waals surface area contributed by atoms with E-state index in [1.165, 1.54) is 23.9 Å². The van der Waals surface area contributed by atoms with E-state index >= 15 is 0 Å². The van der Waals surface area contributed by atoms with Gasteiger partial charge >= 0.3 is 11.7 Å². The largest absolute Gasteiger partial charge is 0.454 e. The van der Waals surface area contributed by atoms with Crippen molar-refractivity contribution in [3.8, 4) is 0 Å². The molecule has 3 N–H and O–H groups in total. The van der Waals surface area contributed by atoms with Crippen molar-refractivity contribution in [2.24, 2.45) is 5.73 Å². The monoisotopic (exact) mass is 403 g/mol. The van der Waals surface area contributed by atoms with Crippen LogP contribution < -0.4 is 17.0 Å². The zero-order chi connectivity index (χ0) is 20.6. The molecule has 1 aliphatic heterocycles. The van der Waals surface area contributed by atoms with Gasteiger partial charge in [-0.25, -0.2) is 9.59 Å². The molecule has 2 aliphatic rings. The Morgan fingerprint density at radius 1 is 1.21 bits per heavy atom. The number of carbonyl (C=O) groups is 1. The number of nitrogens with zero attached hydrogens (tertiary/aromatic N) is 1. The van der Waals surface area contributed by atoms with Gasteiger partial charge in [0.25, 0.3) is 5.56 Å². The number of hydrogen-bond acceptors (Lipinski definition) is 8. The highest BCUT2D eigenvalue weighted by atomic mass is 16.6. The predicted octanol–water partition coefficient (Wildman–Crippen LogP) is -0.598. The molecule has 154 valence electrons. The lowest BCUT2D eigenvalue weighted by Gasteiger charge is -2.28. The number of nitrogens with one attached hydrogen (secondary N) is 1. The van der Waals surface area contributed by atoms with Crippen molar-refractivity contribution in [3.63, 3.8) is 0 Å². The zero-order valence-electron chi connectivity index (χ0n) is 15.6. The smallest absolute Gasteiger partial charge is 0.338 e. The van der Waals surface area contributed by atoms with Crippen LogP contribution >= 0.6 is 0 Å². The predicted molar refractivity (Wildman–Crippen MR) is 99.4 cm³/mol. The molecule has 1 saturated heterocycles.